The molecule has 0 bridgehead atoms. The lowest BCUT2D eigenvalue weighted by molar-refractivity contribution is -0.140. The molecule has 2 aliphatic heterocycles. The molecule has 3 nitrogen and oxygen atoms in total. The number of carbonyl (C=O) groups is 1. The van der Waals surface area contributed by atoms with Crippen molar-refractivity contribution in [2.75, 3.05) is 26.2 Å². The Balaban J connectivity index is 2.07. The highest BCUT2D eigenvalue weighted by Crippen LogP contribution is 2.40. The van der Waals surface area contributed by atoms with E-state index in [0.717, 1.165) is 39.0 Å². The monoisotopic (exact) mass is 252 g/mol. The molecule has 1 amide bonds. The summed E-state index contributed by atoms with van der Waals surface area (Å²) in [7, 11) is 0. The van der Waals surface area contributed by atoms with Gasteiger partial charge in [-0.05, 0) is 44.1 Å². The number of carbonyl (C=O) groups excluding carboxylic acids is 1. The van der Waals surface area contributed by atoms with E-state index in [-0.39, 0.29) is 5.41 Å². The maximum atomic E-state index is 12.8. The smallest absolute Gasteiger partial charge is 0.230 e. The molecule has 1 N–H and O–H groups in total. The Morgan fingerprint density at radius 2 is 1.89 bits per heavy atom. The molecule has 3 heteroatoms. The van der Waals surface area contributed by atoms with Crippen molar-refractivity contribution in [1.82, 2.24) is 10.2 Å². The van der Waals surface area contributed by atoms with E-state index in [1.54, 1.807) is 0 Å². The highest BCUT2D eigenvalue weighted by molar-refractivity contribution is 5.83. The second-order valence-electron chi connectivity index (χ2n) is 6.24. The second kappa shape index (κ2) is 5.20. The molecule has 1 atom stereocenters. The summed E-state index contributed by atoms with van der Waals surface area (Å²) in [5, 5.41) is 3.37. The lowest BCUT2D eigenvalue weighted by Crippen LogP contribution is -2.44. The maximum absolute atomic E-state index is 12.8. The van der Waals surface area contributed by atoms with Crippen molar-refractivity contribution in [1.29, 1.82) is 0 Å². The summed E-state index contributed by atoms with van der Waals surface area (Å²) < 4.78 is 0. The molecule has 0 aliphatic carbocycles. The van der Waals surface area contributed by atoms with Crippen molar-refractivity contribution in [2.45, 2.75) is 52.9 Å². The first-order chi connectivity index (χ1) is 8.61. The summed E-state index contributed by atoms with van der Waals surface area (Å²) >= 11 is 0. The van der Waals surface area contributed by atoms with Crippen LogP contribution in [0.3, 0.4) is 0 Å². The van der Waals surface area contributed by atoms with Gasteiger partial charge in [0, 0.05) is 19.6 Å². The highest BCUT2D eigenvalue weighted by atomic mass is 16.2. The Morgan fingerprint density at radius 3 is 2.33 bits per heavy atom. The van der Waals surface area contributed by atoms with Crippen LogP contribution in [0.2, 0.25) is 0 Å². The van der Waals surface area contributed by atoms with Gasteiger partial charge in [-0.1, -0.05) is 20.8 Å². The largest absolute Gasteiger partial charge is 0.342 e. The first-order valence-electron chi connectivity index (χ1n) is 7.61. The molecule has 0 aromatic rings. The first kappa shape index (κ1) is 13.9. The lowest BCUT2D eigenvalue weighted by atomic mass is 9.81. The van der Waals surface area contributed by atoms with Gasteiger partial charge in [-0.15, -0.1) is 0 Å². The Hall–Kier alpha value is -0.570. The van der Waals surface area contributed by atoms with Crippen molar-refractivity contribution in [2.24, 2.45) is 10.8 Å². The quantitative estimate of drug-likeness (QED) is 0.833. The normalized spacial score (nSPS) is 30.9. The molecular formula is C15H28N2O. The van der Waals surface area contributed by atoms with E-state index >= 15 is 0 Å². The van der Waals surface area contributed by atoms with Crippen LogP contribution in [0.4, 0.5) is 0 Å². The average molecular weight is 252 g/mol. The number of nitrogens with one attached hydrogen (secondary N) is 1. The average Bonchev–Trinajstić information content (AvgIpc) is 3.06. The number of amides is 1. The van der Waals surface area contributed by atoms with Gasteiger partial charge in [0.05, 0.1) is 5.41 Å². The highest BCUT2D eigenvalue weighted by Gasteiger charge is 2.46. The summed E-state index contributed by atoms with van der Waals surface area (Å²) in [6.07, 6.45) is 5.58. The lowest BCUT2D eigenvalue weighted by Gasteiger charge is -2.32. The zero-order valence-corrected chi connectivity index (χ0v) is 12.2. The number of hydrogen-bond donors (Lipinski definition) is 1. The Kier molecular flexibility index (Phi) is 4.00. The first-order valence-corrected chi connectivity index (χ1v) is 7.61. The zero-order valence-electron chi connectivity index (χ0n) is 12.2. The predicted molar refractivity (Wildman–Crippen MR) is 74.4 cm³/mol. The van der Waals surface area contributed by atoms with Crippen molar-refractivity contribution in [3.05, 3.63) is 0 Å². The summed E-state index contributed by atoms with van der Waals surface area (Å²) in [5.74, 6) is 0.416. The molecule has 1 unspecified atom stereocenters. The van der Waals surface area contributed by atoms with Crippen LogP contribution < -0.4 is 5.32 Å². The van der Waals surface area contributed by atoms with E-state index in [2.05, 4.69) is 31.0 Å². The topological polar surface area (TPSA) is 32.3 Å². The van der Waals surface area contributed by atoms with Gasteiger partial charge in [0.1, 0.15) is 0 Å². The second-order valence-corrected chi connectivity index (χ2v) is 6.24. The Morgan fingerprint density at radius 1 is 1.17 bits per heavy atom. The van der Waals surface area contributed by atoms with Gasteiger partial charge in [-0.2, -0.15) is 0 Å². The van der Waals surface area contributed by atoms with Crippen LogP contribution >= 0.6 is 0 Å². The van der Waals surface area contributed by atoms with Crippen LogP contribution in [0.1, 0.15) is 52.9 Å². The van der Waals surface area contributed by atoms with E-state index in [1.807, 2.05) is 0 Å². The molecule has 0 aromatic heterocycles. The number of likely N-dealkylation sites (tertiary alicyclic amines) is 1. The standard InChI is InChI=1S/C15H28N2O/c1-4-14(5-2)8-10-17(12-14)13(18)15(6-3)7-9-16-11-15/h16H,4-12H2,1-3H3. The summed E-state index contributed by atoms with van der Waals surface area (Å²) in [6, 6.07) is 0. The van der Waals surface area contributed by atoms with Gasteiger partial charge in [0.2, 0.25) is 5.91 Å². The van der Waals surface area contributed by atoms with Crippen molar-refractivity contribution in [3.63, 3.8) is 0 Å². The Bertz CT molecular complexity index is 304. The SMILES string of the molecule is CCC1(CC)CCN(C(=O)C2(CC)CCNC2)C1. The predicted octanol–water partition coefficient (Wildman–Crippen LogP) is 2.41. The van der Waals surface area contributed by atoms with E-state index in [0.29, 0.717) is 11.3 Å². The number of rotatable bonds is 4. The maximum Gasteiger partial charge on any atom is 0.230 e. The molecular weight excluding hydrogens is 224 g/mol. The summed E-state index contributed by atoms with van der Waals surface area (Å²) in [6.45, 7) is 10.5. The van der Waals surface area contributed by atoms with Gasteiger partial charge in [0.25, 0.3) is 0 Å². The summed E-state index contributed by atoms with van der Waals surface area (Å²) in [4.78, 5) is 15.0. The molecule has 18 heavy (non-hydrogen) atoms. The molecule has 2 heterocycles. The number of hydrogen-bond acceptors (Lipinski definition) is 2. The van der Waals surface area contributed by atoms with Gasteiger partial charge in [0.15, 0.2) is 0 Å². The van der Waals surface area contributed by atoms with E-state index < -0.39 is 0 Å². The molecule has 0 spiro atoms. The molecule has 2 aliphatic rings. The van der Waals surface area contributed by atoms with Crippen LogP contribution in [0.25, 0.3) is 0 Å². The number of nitrogens with zero attached hydrogens (tertiary/aromatic N) is 1. The summed E-state index contributed by atoms with van der Waals surface area (Å²) in [5.41, 5.74) is 0.300. The van der Waals surface area contributed by atoms with Crippen LogP contribution in [0.5, 0.6) is 0 Å². The molecule has 104 valence electrons. The third kappa shape index (κ3) is 2.18. The molecule has 0 saturated carbocycles. The van der Waals surface area contributed by atoms with Crippen molar-refractivity contribution in [3.8, 4) is 0 Å². The van der Waals surface area contributed by atoms with E-state index in [4.69, 9.17) is 0 Å². The fourth-order valence-corrected chi connectivity index (χ4v) is 3.65. The minimum Gasteiger partial charge on any atom is -0.342 e. The Labute approximate surface area is 111 Å². The molecule has 2 saturated heterocycles. The minimum absolute atomic E-state index is 0.0996. The van der Waals surface area contributed by atoms with E-state index in [9.17, 15) is 4.79 Å². The third-order valence-electron chi connectivity index (χ3n) is 5.60. The van der Waals surface area contributed by atoms with Crippen LogP contribution in [0.15, 0.2) is 0 Å². The zero-order chi connectivity index (χ0) is 13.2. The van der Waals surface area contributed by atoms with Crippen LogP contribution in [-0.2, 0) is 4.79 Å². The van der Waals surface area contributed by atoms with Crippen LogP contribution in [0, 0.1) is 10.8 Å². The third-order valence-corrected chi connectivity index (χ3v) is 5.60. The van der Waals surface area contributed by atoms with E-state index in [1.165, 1.54) is 19.3 Å². The fourth-order valence-electron chi connectivity index (χ4n) is 3.65. The van der Waals surface area contributed by atoms with Gasteiger partial charge >= 0.3 is 0 Å². The fraction of sp³-hybridized carbons (Fsp3) is 0.933. The molecule has 2 rings (SSSR count). The molecule has 2 fully saturated rings. The van der Waals surface area contributed by atoms with Crippen molar-refractivity contribution < 1.29 is 4.79 Å². The van der Waals surface area contributed by atoms with Gasteiger partial charge < -0.3 is 10.2 Å². The van der Waals surface area contributed by atoms with Gasteiger partial charge in [-0.3, -0.25) is 4.79 Å². The molecule has 0 aromatic carbocycles. The van der Waals surface area contributed by atoms with Gasteiger partial charge in [-0.25, -0.2) is 0 Å². The van der Waals surface area contributed by atoms with Crippen LogP contribution in [-0.4, -0.2) is 37.0 Å². The van der Waals surface area contributed by atoms with Crippen molar-refractivity contribution >= 4 is 5.91 Å². The minimum atomic E-state index is -0.0996. The molecule has 0 radical (unpaired) electrons.